The molecule has 0 saturated heterocycles. The molecule has 1 amide bonds. The first kappa shape index (κ1) is 19.5. The van der Waals surface area contributed by atoms with Crippen molar-refractivity contribution in [2.75, 3.05) is 5.32 Å². The maximum atomic E-state index is 12.7. The molecule has 5 heteroatoms. The highest BCUT2D eigenvalue weighted by molar-refractivity contribution is 6.31. The fraction of sp³-hybridized carbons (Fsp3) is 0.130. The highest BCUT2D eigenvalue weighted by Gasteiger charge is 2.13. The Kier molecular flexibility index (Phi) is 5.98. The van der Waals surface area contributed by atoms with Gasteiger partial charge in [0.15, 0.2) is 0 Å². The van der Waals surface area contributed by atoms with Crippen molar-refractivity contribution in [2.45, 2.75) is 20.3 Å². The van der Waals surface area contributed by atoms with E-state index in [1.807, 2.05) is 85.3 Å². The predicted molar refractivity (Wildman–Crippen MR) is 114 cm³/mol. The van der Waals surface area contributed by atoms with Crippen LogP contribution in [0.1, 0.15) is 23.7 Å². The minimum atomic E-state index is -0.432. The Bertz CT molecular complexity index is 1090. The number of carbonyl (C=O) groups is 1. The number of amides is 1. The molecule has 1 N–H and O–H groups in total. The van der Waals surface area contributed by atoms with Crippen LogP contribution >= 0.6 is 11.6 Å². The van der Waals surface area contributed by atoms with E-state index in [4.69, 9.17) is 11.6 Å². The summed E-state index contributed by atoms with van der Waals surface area (Å²) in [6.45, 7) is 3.96. The lowest BCUT2D eigenvalue weighted by atomic mass is 10.1. The van der Waals surface area contributed by atoms with Crippen LogP contribution in [0.15, 0.2) is 66.4 Å². The number of para-hydroxylation sites is 1. The van der Waals surface area contributed by atoms with Crippen LogP contribution in [-0.4, -0.2) is 10.5 Å². The van der Waals surface area contributed by atoms with E-state index < -0.39 is 5.91 Å². The van der Waals surface area contributed by atoms with Gasteiger partial charge in [0, 0.05) is 28.3 Å². The van der Waals surface area contributed by atoms with Gasteiger partial charge in [0.1, 0.15) is 11.6 Å². The van der Waals surface area contributed by atoms with Gasteiger partial charge in [-0.15, -0.1) is 0 Å². The molecule has 0 unspecified atom stereocenters. The zero-order chi connectivity index (χ0) is 20.1. The summed E-state index contributed by atoms with van der Waals surface area (Å²) in [7, 11) is 0. The average Bonchev–Trinajstić information content (AvgIpc) is 3.16. The van der Waals surface area contributed by atoms with Gasteiger partial charge in [-0.1, -0.05) is 42.8 Å². The third kappa shape index (κ3) is 4.16. The lowest BCUT2D eigenvalue weighted by Gasteiger charge is -2.10. The number of anilines is 1. The molecule has 1 aromatic heterocycles. The van der Waals surface area contributed by atoms with E-state index in [9.17, 15) is 10.1 Å². The molecule has 28 heavy (non-hydrogen) atoms. The largest absolute Gasteiger partial charge is 0.321 e. The summed E-state index contributed by atoms with van der Waals surface area (Å²) in [6.07, 6.45) is 4.24. The molecule has 0 aliphatic rings. The zero-order valence-corrected chi connectivity index (χ0v) is 16.5. The summed E-state index contributed by atoms with van der Waals surface area (Å²) in [6, 6.07) is 19.0. The number of aryl methyl sites for hydroxylation is 2. The highest BCUT2D eigenvalue weighted by atomic mass is 35.5. The monoisotopic (exact) mass is 389 g/mol. The van der Waals surface area contributed by atoms with Gasteiger partial charge in [0.2, 0.25) is 0 Å². The molecule has 0 radical (unpaired) electrons. The molecule has 0 aliphatic heterocycles. The first-order valence-electron chi connectivity index (χ1n) is 8.98. The van der Waals surface area contributed by atoms with E-state index in [2.05, 4.69) is 5.32 Å². The molecule has 140 valence electrons. The summed E-state index contributed by atoms with van der Waals surface area (Å²) in [5, 5.41) is 13.0. The molecule has 0 spiro atoms. The topological polar surface area (TPSA) is 57.8 Å². The normalized spacial score (nSPS) is 11.1. The molecule has 0 bridgehead atoms. The van der Waals surface area contributed by atoms with Crippen molar-refractivity contribution in [3.05, 3.63) is 88.2 Å². The van der Waals surface area contributed by atoms with Crippen molar-refractivity contribution in [3.63, 3.8) is 0 Å². The Morgan fingerprint density at radius 3 is 2.71 bits per heavy atom. The Morgan fingerprint density at radius 1 is 1.21 bits per heavy atom. The molecule has 3 aromatic rings. The average molecular weight is 390 g/mol. The van der Waals surface area contributed by atoms with Crippen LogP contribution in [0.2, 0.25) is 5.02 Å². The van der Waals surface area contributed by atoms with E-state index in [1.165, 1.54) is 0 Å². The van der Waals surface area contributed by atoms with E-state index in [-0.39, 0.29) is 5.57 Å². The minimum Gasteiger partial charge on any atom is -0.321 e. The lowest BCUT2D eigenvalue weighted by molar-refractivity contribution is -0.112. The summed E-state index contributed by atoms with van der Waals surface area (Å²) in [5.41, 5.74) is 4.34. The number of hydrogen-bond donors (Lipinski definition) is 1. The summed E-state index contributed by atoms with van der Waals surface area (Å²) in [5.74, 6) is -0.432. The lowest BCUT2D eigenvalue weighted by Crippen LogP contribution is -2.15. The van der Waals surface area contributed by atoms with Gasteiger partial charge < -0.3 is 9.88 Å². The second-order valence-corrected chi connectivity index (χ2v) is 6.78. The Labute approximate surface area is 169 Å². The van der Waals surface area contributed by atoms with Crippen LogP contribution in [0.4, 0.5) is 5.69 Å². The maximum absolute atomic E-state index is 12.7. The molecular formula is C23H20ClN3O. The van der Waals surface area contributed by atoms with Crippen molar-refractivity contribution in [1.29, 1.82) is 5.26 Å². The van der Waals surface area contributed by atoms with Crippen molar-refractivity contribution in [1.82, 2.24) is 4.57 Å². The van der Waals surface area contributed by atoms with Crippen LogP contribution in [0.25, 0.3) is 11.8 Å². The Morgan fingerprint density at radius 2 is 2.00 bits per heavy atom. The standard InChI is InChI=1S/C23H20ClN3O/c1-3-17-7-4-5-9-22(17)26-23(28)18(15-25)13-19-8-6-12-27(19)20-11-10-16(2)21(24)14-20/h4-14H,3H2,1-2H3,(H,26,28)/b18-13-. The number of rotatable bonds is 5. The predicted octanol–water partition coefficient (Wildman–Crippen LogP) is 5.55. The van der Waals surface area contributed by atoms with Gasteiger partial charge >= 0.3 is 0 Å². The van der Waals surface area contributed by atoms with E-state index in [0.717, 1.165) is 34.6 Å². The third-order valence-electron chi connectivity index (χ3n) is 4.52. The third-order valence-corrected chi connectivity index (χ3v) is 4.92. The molecule has 0 aliphatic carbocycles. The van der Waals surface area contributed by atoms with Crippen LogP contribution in [0.5, 0.6) is 0 Å². The van der Waals surface area contributed by atoms with Crippen molar-refractivity contribution < 1.29 is 4.79 Å². The van der Waals surface area contributed by atoms with Crippen LogP contribution in [-0.2, 0) is 11.2 Å². The molecule has 4 nitrogen and oxygen atoms in total. The van der Waals surface area contributed by atoms with Crippen LogP contribution in [0.3, 0.4) is 0 Å². The van der Waals surface area contributed by atoms with Gasteiger partial charge in [-0.25, -0.2) is 0 Å². The minimum absolute atomic E-state index is 0.0315. The Balaban J connectivity index is 1.91. The first-order valence-corrected chi connectivity index (χ1v) is 9.36. The highest BCUT2D eigenvalue weighted by Crippen LogP contribution is 2.22. The van der Waals surface area contributed by atoms with Crippen molar-refractivity contribution >= 4 is 29.3 Å². The number of aromatic nitrogens is 1. The first-order chi connectivity index (χ1) is 13.5. The van der Waals surface area contributed by atoms with Crippen LogP contribution < -0.4 is 5.32 Å². The molecule has 2 aromatic carbocycles. The van der Waals surface area contributed by atoms with Crippen LogP contribution in [0, 0.1) is 18.3 Å². The second kappa shape index (κ2) is 8.60. The summed E-state index contributed by atoms with van der Waals surface area (Å²) >= 11 is 6.24. The van der Waals surface area contributed by atoms with Crippen molar-refractivity contribution in [3.8, 4) is 11.8 Å². The number of nitrogens with zero attached hydrogens (tertiary/aromatic N) is 2. The Hall–Kier alpha value is -3.29. The molecular weight excluding hydrogens is 370 g/mol. The van der Waals surface area contributed by atoms with Gasteiger partial charge in [0.25, 0.3) is 5.91 Å². The van der Waals surface area contributed by atoms with E-state index in [1.54, 1.807) is 6.08 Å². The van der Waals surface area contributed by atoms with Gasteiger partial charge in [-0.2, -0.15) is 5.26 Å². The van der Waals surface area contributed by atoms with E-state index in [0.29, 0.717) is 5.02 Å². The molecule has 0 fully saturated rings. The summed E-state index contributed by atoms with van der Waals surface area (Å²) < 4.78 is 1.88. The quantitative estimate of drug-likeness (QED) is 0.459. The van der Waals surface area contributed by atoms with Gasteiger partial charge in [-0.3, -0.25) is 4.79 Å². The fourth-order valence-corrected chi connectivity index (χ4v) is 3.09. The number of benzene rings is 2. The van der Waals surface area contributed by atoms with Gasteiger partial charge in [0.05, 0.1) is 0 Å². The smallest absolute Gasteiger partial charge is 0.266 e. The van der Waals surface area contributed by atoms with Gasteiger partial charge in [-0.05, 0) is 60.9 Å². The number of nitrogens with one attached hydrogen (secondary N) is 1. The number of hydrogen-bond acceptors (Lipinski definition) is 2. The number of carbonyl (C=O) groups excluding carboxylic acids is 1. The zero-order valence-electron chi connectivity index (χ0n) is 15.7. The molecule has 0 saturated carbocycles. The molecule has 3 rings (SSSR count). The van der Waals surface area contributed by atoms with E-state index >= 15 is 0 Å². The maximum Gasteiger partial charge on any atom is 0.266 e. The number of halogens is 1. The summed E-state index contributed by atoms with van der Waals surface area (Å²) in [4.78, 5) is 12.7. The van der Waals surface area contributed by atoms with Crippen molar-refractivity contribution in [2.24, 2.45) is 0 Å². The molecule has 0 atom stereocenters. The molecule has 1 heterocycles. The number of nitriles is 1. The SMILES string of the molecule is CCc1ccccc1NC(=O)/C(C#N)=C\c1cccn1-c1ccc(C)c(Cl)c1. The second-order valence-electron chi connectivity index (χ2n) is 6.37. The fourth-order valence-electron chi connectivity index (χ4n) is 2.92.